The summed E-state index contributed by atoms with van der Waals surface area (Å²) < 4.78 is 10.7. The standard InChI is InChI=1S/C32H34N6O3/c1-21(22-8-9-29(40-3)30(17-22)41-4)36-32(39)24(18-33)14-26-20-35-31-28(26)16-25(19-34-31)23-6-5-7-27(15-23)38-12-10-37(2)11-13-38/h5-9,14-17,19-21H,10-13H2,1-4H3,(H,34,35)(H,36,39)/b24-14+/t21-/m1/s1. The zero-order valence-electron chi connectivity index (χ0n) is 23.8. The van der Waals surface area contributed by atoms with Crippen LogP contribution in [0.4, 0.5) is 5.69 Å². The number of aromatic nitrogens is 2. The Balaban J connectivity index is 1.38. The molecule has 9 heteroatoms. The number of nitrogens with zero attached hydrogens (tertiary/aromatic N) is 4. The van der Waals surface area contributed by atoms with Crippen molar-refractivity contribution in [3.05, 3.63) is 77.6 Å². The minimum absolute atomic E-state index is 0.000642. The lowest BCUT2D eigenvalue weighted by Gasteiger charge is -2.34. The van der Waals surface area contributed by atoms with Crippen LogP contribution in [0.15, 0.2) is 66.5 Å². The van der Waals surface area contributed by atoms with Crippen LogP contribution in [0.1, 0.15) is 24.1 Å². The lowest BCUT2D eigenvalue weighted by molar-refractivity contribution is -0.117. The van der Waals surface area contributed by atoms with Crippen molar-refractivity contribution in [3.63, 3.8) is 0 Å². The molecule has 5 rings (SSSR count). The van der Waals surface area contributed by atoms with E-state index in [1.54, 1.807) is 32.6 Å². The maximum atomic E-state index is 13.1. The van der Waals surface area contributed by atoms with Gasteiger partial charge in [0.25, 0.3) is 5.91 Å². The number of likely N-dealkylation sites (N-methyl/N-ethyl adjacent to an activating group) is 1. The summed E-state index contributed by atoms with van der Waals surface area (Å²) in [6.45, 7) is 5.92. The van der Waals surface area contributed by atoms with E-state index in [4.69, 9.17) is 9.47 Å². The van der Waals surface area contributed by atoms with Gasteiger partial charge < -0.3 is 29.6 Å². The summed E-state index contributed by atoms with van der Waals surface area (Å²) in [6.07, 6.45) is 5.21. The minimum atomic E-state index is -0.465. The number of nitriles is 1. The predicted molar refractivity (Wildman–Crippen MR) is 161 cm³/mol. The van der Waals surface area contributed by atoms with Gasteiger partial charge in [-0.1, -0.05) is 18.2 Å². The number of hydrogen-bond donors (Lipinski definition) is 2. The average molecular weight is 551 g/mol. The molecule has 0 radical (unpaired) electrons. The average Bonchev–Trinajstić information content (AvgIpc) is 3.41. The molecule has 1 amide bonds. The largest absolute Gasteiger partial charge is 0.493 e. The van der Waals surface area contributed by atoms with Gasteiger partial charge in [0.05, 0.1) is 20.3 Å². The Hall–Kier alpha value is -4.81. The smallest absolute Gasteiger partial charge is 0.262 e. The van der Waals surface area contributed by atoms with Crippen LogP contribution in [-0.2, 0) is 4.79 Å². The van der Waals surface area contributed by atoms with E-state index in [1.807, 2.05) is 31.3 Å². The van der Waals surface area contributed by atoms with Crippen molar-refractivity contribution in [2.75, 3.05) is 52.3 Å². The van der Waals surface area contributed by atoms with Crippen LogP contribution in [0, 0.1) is 11.3 Å². The molecule has 0 spiro atoms. The molecular formula is C32H34N6O3. The van der Waals surface area contributed by atoms with Gasteiger partial charge >= 0.3 is 0 Å². The number of pyridine rings is 1. The Morgan fingerprint density at radius 3 is 2.59 bits per heavy atom. The third-order valence-electron chi connectivity index (χ3n) is 7.53. The highest BCUT2D eigenvalue weighted by molar-refractivity contribution is 6.04. The predicted octanol–water partition coefficient (Wildman–Crippen LogP) is 4.78. The number of ether oxygens (including phenoxy) is 2. The third kappa shape index (κ3) is 6.03. The molecule has 9 nitrogen and oxygen atoms in total. The van der Waals surface area contributed by atoms with Crippen LogP contribution in [0.25, 0.3) is 28.2 Å². The van der Waals surface area contributed by atoms with Crippen LogP contribution in [-0.4, -0.2) is 68.2 Å². The van der Waals surface area contributed by atoms with Crippen molar-refractivity contribution < 1.29 is 14.3 Å². The molecule has 1 aliphatic rings. The molecule has 2 aromatic carbocycles. The Bertz CT molecular complexity index is 1630. The fraction of sp³-hybridized carbons (Fsp3) is 0.281. The number of carbonyl (C=O) groups excluding carboxylic acids is 1. The first-order valence-corrected chi connectivity index (χ1v) is 13.6. The van der Waals surface area contributed by atoms with Gasteiger partial charge in [-0.15, -0.1) is 0 Å². The van der Waals surface area contributed by atoms with Gasteiger partial charge in [0.15, 0.2) is 11.5 Å². The zero-order valence-corrected chi connectivity index (χ0v) is 23.8. The van der Waals surface area contributed by atoms with Gasteiger partial charge in [-0.25, -0.2) is 4.98 Å². The zero-order chi connectivity index (χ0) is 28.9. The highest BCUT2D eigenvalue weighted by Gasteiger charge is 2.18. The topological polar surface area (TPSA) is 107 Å². The number of amides is 1. The van der Waals surface area contributed by atoms with Crippen molar-refractivity contribution in [1.82, 2.24) is 20.2 Å². The van der Waals surface area contributed by atoms with E-state index >= 15 is 0 Å². The van der Waals surface area contributed by atoms with Gasteiger partial charge in [-0.05, 0) is 61.5 Å². The molecule has 1 aliphatic heterocycles. The van der Waals surface area contributed by atoms with E-state index in [1.165, 1.54) is 5.69 Å². The normalized spacial score (nSPS) is 14.9. The van der Waals surface area contributed by atoms with Crippen LogP contribution in [0.2, 0.25) is 0 Å². The minimum Gasteiger partial charge on any atom is -0.493 e. The summed E-state index contributed by atoms with van der Waals surface area (Å²) in [6, 6.07) is 17.7. The molecule has 1 fully saturated rings. The molecule has 1 saturated heterocycles. The lowest BCUT2D eigenvalue weighted by atomic mass is 10.0. The Kier molecular flexibility index (Phi) is 8.22. The van der Waals surface area contributed by atoms with Crippen LogP contribution < -0.4 is 19.7 Å². The molecular weight excluding hydrogens is 516 g/mol. The van der Waals surface area contributed by atoms with Gasteiger partial charge in [-0.3, -0.25) is 4.79 Å². The van der Waals surface area contributed by atoms with Gasteiger partial charge in [0.2, 0.25) is 0 Å². The Morgan fingerprint density at radius 1 is 1.07 bits per heavy atom. The molecule has 210 valence electrons. The molecule has 1 atom stereocenters. The second-order valence-corrected chi connectivity index (χ2v) is 10.2. The highest BCUT2D eigenvalue weighted by atomic mass is 16.5. The Labute approximate surface area is 240 Å². The fourth-order valence-electron chi connectivity index (χ4n) is 5.03. The summed E-state index contributed by atoms with van der Waals surface area (Å²) >= 11 is 0. The first-order chi connectivity index (χ1) is 19.9. The maximum absolute atomic E-state index is 13.1. The number of H-pyrrole nitrogens is 1. The highest BCUT2D eigenvalue weighted by Crippen LogP contribution is 2.31. The summed E-state index contributed by atoms with van der Waals surface area (Å²) in [7, 11) is 5.28. The summed E-state index contributed by atoms with van der Waals surface area (Å²) in [5.41, 5.74) is 5.45. The second-order valence-electron chi connectivity index (χ2n) is 10.2. The van der Waals surface area contributed by atoms with Crippen LogP contribution in [0.5, 0.6) is 11.5 Å². The summed E-state index contributed by atoms with van der Waals surface area (Å²) in [5.74, 6) is 0.706. The van der Waals surface area contributed by atoms with E-state index in [0.717, 1.165) is 53.8 Å². The number of benzene rings is 2. The van der Waals surface area contributed by atoms with Crippen molar-refractivity contribution in [2.24, 2.45) is 0 Å². The van der Waals surface area contributed by atoms with E-state index in [-0.39, 0.29) is 11.6 Å². The Morgan fingerprint density at radius 2 is 1.85 bits per heavy atom. The number of aromatic amines is 1. The van der Waals surface area contributed by atoms with Crippen molar-refractivity contribution >= 4 is 28.7 Å². The van der Waals surface area contributed by atoms with E-state index in [2.05, 4.69) is 62.5 Å². The molecule has 2 N–H and O–H groups in total. The van der Waals surface area contributed by atoms with Crippen molar-refractivity contribution in [2.45, 2.75) is 13.0 Å². The second kappa shape index (κ2) is 12.1. The SMILES string of the molecule is COc1ccc([C@@H](C)NC(=O)/C(C#N)=C/c2c[nH]c3ncc(-c4cccc(N5CCN(C)CC5)c4)cc23)cc1OC. The van der Waals surface area contributed by atoms with E-state index in [0.29, 0.717) is 17.1 Å². The molecule has 0 saturated carbocycles. The molecule has 4 aromatic rings. The molecule has 0 aliphatic carbocycles. The molecule has 0 unspecified atom stereocenters. The summed E-state index contributed by atoms with van der Waals surface area (Å²) in [4.78, 5) is 25.6. The molecule has 3 heterocycles. The number of rotatable bonds is 8. The molecule has 2 aromatic heterocycles. The number of anilines is 1. The monoisotopic (exact) mass is 550 g/mol. The van der Waals surface area contributed by atoms with Crippen LogP contribution in [0.3, 0.4) is 0 Å². The first-order valence-electron chi connectivity index (χ1n) is 13.6. The number of piperazine rings is 1. The third-order valence-corrected chi connectivity index (χ3v) is 7.53. The van der Waals surface area contributed by atoms with Crippen LogP contribution >= 0.6 is 0 Å². The maximum Gasteiger partial charge on any atom is 0.262 e. The fourth-order valence-corrected chi connectivity index (χ4v) is 5.03. The van der Waals surface area contributed by atoms with Crippen molar-refractivity contribution in [3.8, 4) is 28.7 Å². The summed E-state index contributed by atoms with van der Waals surface area (Å²) in [5, 5.41) is 13.6. The first kappa shape index (κ1) is 27.7. The lowest BCUT2D eigenvalue weighted by Crippen LogP contribution is -2.44. The molecule has 0 bridgehead atoms. The number of hydrogen-bond acceptors (Lipinski definition) is 7. The van der Waals surface area contributed by atoms with E-state index in [9.17, 15) is 10.1 Å². The van der Waals surface area contributed by atoms with Crippen molar-refractivity contribution in [1.29, 1.82) is 5.26 Å². The van der Waals surface area contributed by atoms with E-state index < -0.39 is 5.91 Å². The number of nitrogens with one attached hydrogen (secondary N) is 2. The number of fused-ring (bicyclic) bond motifs is 1. The number of methoxy groups -OCH3 is 2. The quantitative estimate of drug-likeness (QED) is 0.240. The van der Waals surface area contributed by atoms with Gasteiger partial charge in [-0.2, -0.15) is 5.26 Å². The molecule has 41 heavy (non-hydrogen) atoms. The van der Waals surface area contributed by atoms with Gasteiger partial charge in [0.1, 0.15) is 17.3 Å². The van der Waals surface area contributed by atoms with Gasteiger partial charge in [0, 0.05) is 60.8 Å². The number of carbonyl (C=O) groups is 1.